The SMILES string of the molecule is [C-]#[N+]c1cc(-c2ccc(N3CC4CC(C3)N4Cc3ccc(OC)nc3)nc2)c2c3c(nn2c1)CN=C3. The molecule has 36 heavy (non-hydrogen) atoms. The highest BCUT2D eigenvalue weighted by atomic mass is 16.5. The van der Waals surface area contributed by atoms with Gasteiger partial charge in [-0.2, -0.15) is 5.10 Å². The molecule has 0 aromatic carbocycles. The van der Waals surface area contributed by atoms with Crippen molar-refractivity contribution in [1.82, 2.24) is 24.5 Å². The van der Waals surface area contributed by atoms with Crippen LogP contribution in [0.25, 0.3) is 21.5 Å². The Morgan fingerprint density at radius 2 is 2.00 bits per heavy atom. The topological polar surface area (TPSA) is 75.5 Å². The molecule has 4 aromatic heterocycles. The number of hydrogen-bond donors (Lipinski definition) is 0. The summed E-state index contributed by atoms with van der Waals surface area (Å²) in [7, 11) is 1.64. The third-order valence-corrected chi connectivity index (χ3v) is 7.52. The molecule has 4 aliphatic rings. The molecule has 4 aromatic rings. The zero-order valence-electron chi connectivity index (χ0n) is 19.9. The van der Waals surface area contributed by atoms with E-state index in [4.69, 9.17) is 16.3 Å². The summed E-state index contributed by atoms with van der Waals surface area (Å²) in [6.45, 7) is 11.0. The monoisotopic (exact) mass is 476 g/mol. The van der Waals surface area contributed by atoms with Crippen LogP contribution in [0.4, 0.5) is 11.5 Å². The van der Waals surface area contributed by atoms with Gasteiger partial charge in [0.2, 0.25) is 11.6 Å². The lowest BCUT2D eigenvalue weighted by Crippen LogP contribution is -2.68. The van der Waals surface area contributed by atoms with E-state index in [2.05, 4.69) is 47.9 Å². The molecule has 8 rings (SSSR count). The minimum absolute atomic E-state index is 0.524. The van der Waals surface area contributed by atoms with Gasteiger partial charge in [0.05, 0.1) is 31.4 Å². The number of pyridine rings is 3. The van der Waals surface area contributed by atoms with Crippen LogP contribution in [0.3, 0.4) is 0 Å². The van der Waals surface area contributed by atoms with Gasteiger partial charge in [-0.05, 0) is 35.7 Å². The Hall–Kier alpha value is -4.29. The summed E-state index contributed by atoms with van der Waals surface area (Å²) in [5.41, 5.74) is 6.68. The normalized spacial score (nSPS) is 20.3. The highest BCUT2D eigenvalue weighted by molar-refractivity contribution is 5.99. The number of aromatic nitrogens is 4. The molecular weight excluding hydrogens is 452 g/mol. The lowest BCUT2D eigenvalue weighted by Gasteiger charge is -2.56. The number of hydrogen-bond acceptors (Lipinski definition) is 7. The van der Waals surface area contributed by atoms with E-state index in [0.717, 1.165) is 53.4 Å². The first kappa shape index (κ1) is 21.0. The molecule has 4 aliphatic heterocycles. The molecule has 3 saturated heterocycles. The minimum Gasteiger partial charge on any atom is -0.481 e. The second-order valence-corrected chi connectivity index (χ2v) is 9.58. The Labute approximate surface area is 208 Å². The van der Waals surface area contributed by atoms with E-state index in [0.29, 0.717) is 30.2 Å². The van der Waals surface area contributed by atoms with E-state index >= 15 is 0 Å². The molecule has 0 N–H and O–H groups in total. The van der Waals surface area contributed by atoms with Gasteiger partial charge in [-0.3, -0.25) is 9.89 Å². The maximum Gasteiger partial charge on any atom is 0.212 e. The number of fused-ring (bicyclic) bond motifs is 5. The van der Waals surface area contributed by atoms with Crippen molar-refractivity contribution in [1.29, 1.82) is 0 Å². The van der Waals surface area contributed by atoms with Crippen molar-refractivity contribution < 1.29 is 4.74 Å². The fourth-order valence-corrected chi connectivity index (χ4v) is 5.69. The number of piperazine rings is 1. The Kier molecular flexibility index (Phi) is 4.75. The smallest absolute Gasteiger partial charge is 0.212 e. The summed E-state index contributed by atoms with van der Waals surface area (Å²) in [6.07, 6.45) is 8.73. The third-order valence-electron chi connectivity index (χ3n) is 7.52. The first-order valence-corrected chi connectivity index (χ1v) is 12.1. The van der Waals surface area contributed by atoms with Gasteiger partial charge in [0.1, 0.15) is 5.82 Å². The predicted octanol–water partition coefficient (Wildman–Crippen LogP) is 3.75. The molecular formula is C27H24N8O. The molecule has 0 aliphatic carbocycles. The van der Waals surface area contributed by atoms with Crippen molar-refractivity contribution in [3.8, 4) is 17.0 Å². The molecule has 2 bridgehead atoms. The predicted molar refractivity (Wildman–Crippen MR) is 137 cm³/mol. The first-order chi connectivity index (χ1) is 17.7. The summed E-state index contributed by atoms with van der Waals surface area (Å²) in [6, 6.07) is 11.2. The van der Waals surface area contributed by atoms with Gasteiger partial charge < -0.3 is 9.64 Å². The van der Waals surface area contributed by atoms with Gasteiger partial charge in [-0.1, -0.05) is 6.07 Å². The summed E-state index contributed by atoms with van der Waals surface area (Å²) < 4.78 is 6.99. The fourth-order valence-electron chi connectivity index (χ4n) is 5.69. The molecule has 0 amide bonds. The number of nitrogens with zero attached hydrogens (tertiary/aromatic N) is 8. The van der Waals surface area contributed by atoms with E-state index in [1.807, 2.05) is 35.3 Å². The van der Waals surface area contributed by atoms with Gasteiger partial charge in [-0.25, -0.2) is 19.3 Å². The average molecular weight is 477 g/mol. The number of piperidine rings is 1. The molecule has 0 saturated carbocycles. The van der Waals surface area contributed by atoms with Crippen LogP contribution >= 0.6 is 0 Å². The van der Waals surface area contributed by atoms with Gasteiger partial charge in [0.15, 0.2) is 0 Å². The number of methoxy groups -OCH3 is 1. The zero-order valence-corrected chi connectivity index (χ0v) is 19.9. The van der Waals surface area contributed by atoms with Crippen LogP contribution < -0.4 is 9.64 Å². The van der Waals surface area contributed by atoms with Crippen molar-refractivity contribution in [3.63, 3.8) is 0 Å². The highest BCUT2D eigenvalue weighted by Crippen LogP contribution is 2.37. The van der Waals surface area contributed by atoms with Crippen LogP contribution in [0.2, 0.25) is 0 Å². The van der Waals surface area contributed by atoms with Crippen LogP contribution in [-0.2, 0) is 13.1 Å². The summed E-state index contributed by atoms with van der Waals surface area (Å²) in [5, 5.41) is 4.64. The standard InChI is InChI=1S/C27H24N8O/c1-28-19-7-22(27-23-11-29-12-24(23)32-35(27)14-19)18-4-5-25(30-10-18)33-15-20-8-21(16-33)34(20)13-17-3-6-26(36-2)31-9-17/h3-7,9-11,14,20-21H,8,12-13,15-16H2,2H3. The summed E-state index contributed by atoms with van der Waals surface area (Å²) in [4.78, 5) is 22.2. The van der Waals surface area contributed by atoms with Crippen molar-refractivity contribution in [3.05, 3.63) is 77.2 Å². The summed E-state index contributed by atoms with van der Waals surface area (Å²) in [5.74, 6) is 1.65. The van der Waals surface area contributed by atoms with Crippen LogP contribution in [-0.4, -0.2) is 63.0 Å². The fraction of sp³-hybridized carbons (Fsp3) is 0.296. The van der Waals surface area contributed by atoms with Crippen LogP contribution in [0.1, 0.15) is 23.2 Å². The van der Waals surface area contributed by atoms with Crippen LogP contribution in [0, 0.1) is 6.57 Å². The second-order valence-electron chi connectivity index (χ2n) is 9.58. The largest absolute Gasteiger partial charge is 0.481 e. The van der Waals surface area contributed by atoms with Gasteiger partial charge >= 0.3 is 0 Å². The van der Waals surface area contributed by atoms with E-state index in [1.54, 1.807) is 13.3 Å². The van der Waals surface area contributed by atoms with Gasteiger partial charge in [0, 0.05) is 73.7 Å². The Morgan fingerprint density at radius 1 is 1.11 bits per heavy atom. The maximum absolute atomic E-state index is 7.52. The number of rotatable bonds is 5. The molecule has 8 heterocycles. The molecule has 9 nitrogen and oxygen atoms in total. The minimum atomic E-state index is 0.524. The van der Waals surface area contributed by atoms with Gasteiger partial charge in [-0.15, -0.1) is 0 Å². The van der Waals surface area contributed by atoms with Crippen LogP contribution in [0.5, 0.6) is 5.88 Å². The van der Waals surface area contributed by atoms with Gasteiger partial charge in [0.25, 0.3) is 0 Å². The highest BCUT2D eigenvalue weighted by Gasteiger charge is 2.44. The molecule has 3 fully saturated rings. The molecule has 2 unspecified atom stereocenters. The first-order valence-electron chi connectivity index (χ1n) is 12.1. The number of anilines is 1. The van der Waals surface area contributed by atoms with E-state index in [9.17, 15) is 0 Å². The van der Waals surface area contributed by atoms with E-state index < -0.39 is 0 Å². The summed E-state index contributed by atoms with van der Waals surface area (Å²) >= 11 is 0. The molecule has 0 radical (unpaired) electrons. The number of aliphatic imine (C=N–C) groups is 1. The lowest BCUT2D eigenvalue weighted by atomic mass is 9.87. The van der Waals surface area contributed by atoms with E-state index in [1.165, 1.54) is 12.0 Å². The maximum atomic E-state index is 7.52. The Bertz CT molecular complexity index is 1520. The average Bonchev–Trinajstić information content (AvgIpc) is 3.53. The third kappa shape index (κ3) is 3.33. The zero-order chi connectivity index (χ0) is 24.2. The number of ether oxygens (including phenoxy) is 1. The molecule has 0 spiro atoms. The van der Waals surface area contributed by atoms with Crippen molar-refractivity contribution in [2.24, 2.45) is 4.99 Å². The van der Waals surface area contributed by atoms with E-state index in [-0.39, 0.29) is 0 Å². The molecule has 9 heteroatoms. The van der Waals surface area contributed by atoms with Crippen LogP contribution in [0.15, 0.2) is 53.9 Å². The lowest BCUT2D eigenvalue weighted by molar-refractivity contribution is -0.00876. The van der Waals surface area contributed by atoms with Crippen molar-refractivity contribution in [2.75, 3.05) is 25.1 Å². The Morgan fingerprint density at radius 3 is 2.72 bits per heavy atom. The quantitative estimate of drug-likeness (QED) is 0.409. The van der Waals surface area contributed by atoms with Crippen molar-refractivity contribution >= 4 is 23.2 Å². The molecule has 178 valence electrons. The Balaban J connectivity index is 1.11. The second kappa shape index (κ2) is 8.14. The molecule has 2 atom stereocenters. The van der Waals surface area contributed by atoms with Crippen molar-refractivity contribution in [2.45, 2.75) is 31.6 Å².